The van der Waals surface area contributed by atoms with E-state index in [1.807, 2.05) is 0 Å². The summed E-state index contributed by atoms with van der Waals surface area (Å²) in [5, 5.41) is 0. The van der Waals surface area contributed by atoms with Gasteiger partial charge in [-0.2, -0.15) is 0 Å². The summed E-state index contributed by atoms with van der Waals surface area (Å²) in [5.41, 5.74) is 0. The first-order valence-electron chi connectivity index (χ1n) is 26.5. The van der Waals surface area contributed by atoms with Crippen LogP contribution in [0.25, 0.3) is 0 Å². The molecule has 0 saturated carbocycles. The Morgan fingerprint density at radius 2 is 0.458 bits per heavy atom. The maximum atomic E-state index is 12.7. The first kappa shape index (κ1) is 57.4. The van der Waals surface area contributed by atoms with Crippen LogP contribution >= 0.6 is 0 Å². The van der Waals surface area contributed by atoms with Gasteiger partial charge in [-0.25, -0.2) is 0 Å². The predicted molar refractivity (Wildman–Crippen MR) is 252 cm³/mol. The monoisotopic (exact) mass is 835 g/mol. The molecule has 0 heterocycles. The zero-order valence-corrected chi connectivity index (χ0v) is 40.1. The third-order valence-electron chi connectivity index (χ3n) is 12.1. The van der Waals surface area contributed by atoms with Gasteiger partial charge in [0.25, 0.3) is 0 Å². The molecule has 0 fully saturated rings. The van der Waals surface area contributed by atoms with E-state index in [1.54, 1.807) is 0 Å². The topological polar surface area (TPSA) is 78.9 Å². The first-order valence-corrected chi connectivity index (χ1v) is 26.5. The Hall–Kier alpha value is -1.59. The van der Waals surface area contributed by atoms with Crippen LogP contribution < -0.4 is 0 Å². The lowest BCUT2D eigenvalue weighted by atomic mass is 10.0. The van der Waals surface area contributed by atoms with E-state index in [4.69, 9.17) is 14.2 Å². The van der Waals surface area contributed by atoms with Gasteiger partial charge in [-0.1, -0.05) is 265 Å². The van der Waals surface area contributed by atoms with E-state index in [-0.39, 0.29) is 31.1 Å². The van der Waals surface area contributed by atoms with Crippen molar-refractivity contribution in [2.24, 2.45) is 0 Å². The van der Waals surface area contributed by atoms with Crippen LogP contribution in [0.2, 0.25) is 0 Å². The average Bonchev–Trinajstić information content (AvgIpc) is 3.23. The quantitative estimate of drug-likeness (QED) is 0.0345. The minimum atomic E-state index is -0.758. The zero-order valence-electron chi connectivity index (χ0n) is 40.1. The second-order valence-electron chi connectivity index (χ2n) is 18.2. The van der Waals surface area contributed by atoms with Gasteiger partial charge in [0.1, 0.15) is 13.2 Å². The molecule has 6 nitrogen and oxygen atoms in total. The van der Waals surface area contributed by atoms with Crippen molar-refractivity contribution in [3.05, 3.63) is 0 Å². The highest BCUT2D eigenvalue weighted by molar-refractivity contribution is 5.71. The molecule has 0 spiro atoms. The molecule has 0 aromatic carbocycles. The predicted octanol–water partition coefficient (Wildman–Crippen LogP) is 17.2. The van der Waals surface area contributed by atoms with Gasteiger partial charge in [-0.3, -0.25) is 14.4 Å². The lowest BCUT2D eigenvalue weighted by molar-refractivity contribution is -0.167. The van der Waals surface area contributed by atoms with Crippen molar-refractivity contribution in [1.29, 1.82) is 0 Å². The molecule has 6 heteroatoms. The third-order valence-corrected chi connectivity index (χ3v) is 12.1. The van der Waals surface area contributed by atoms with E-state index >= 15 is 0 Å². The smallest absolute Gasteiger partial charge is 0.306 e. The number of hydrogen-bond acceptors (Lipinski definition) is 6. The third kappa shape index (κ3) is 47.3. The van der Waals surface area contributed by atoms with Crippen molar-refractivity contribution in [3.8, 4) is 0 Å². The summed E-state index contributed by atoms with van der Waals surface area (Å²) in [5.74, 6) is -0.847. The molecule has 0 N–H and O–H groups in total. The van der Waals surface area contributed by atoms with Crippen molar-refractivity contribution < 1.29 is 28.6 Å². The number of esters is 3. The van der Waals surface area contributed by atoms with E-state index in [9.17, 15) is 14.4 Å². The molecular formula is C53H102O6. The molecule has 0 aromatic rings. The van der Waals surface area contributed by atoms with Crippen LogP contribution in [0, 0.1) is 0 Å². The van der Waals surface area contributed by atoms with Crippen LogP contribution in [0.3, 0.4) is 0 Å². The Balaban J connectivity index is 4.11. The fourth-order valence-corrected chi connectivity index (χ4v) is 8.09. The number of ether oxygens (including phenoxy) is 3. The molecule has 0 amide bonds. The molecule has 350 valence electrons. The van der Waals surface area contributed by atoms with Gasteiger partial charge >= 0.3 is 17.9 Å². The van der Waals surface area contributed by atoms with Crippen molar-refractivity contribution >= 4 is 17.9 Å². The Morgan fingerprint density at radius 3 is 0.678 bits per heavy atom. The zero-order chi connectivity index (χ0) is 43.0. The van der Waals surface area contributed by atoms with Crippen LogP contribution in [0.4, 0.5) is 0 Å². The van der Waals surface area contributed by atoms with E-state index in [0.29, 0.717) is 19.3 Å². The summed E-state index contributed by atoms with van der Waals surface area (Å²) in [6, 6.07) is 0. The number of unbranched alkanes of at least 4 members (excludes halogenated alkanes) is 38. The average molecular weight is 835 g/mol. The van der Waals surface area contributed by atoms with Crippen molar-refractivity contribution in [2.75, 3.05) is 13.2 Å². The molecule has 1 atom stereocenters. The van der Waals surface area contributed by atoms with Gasteiger partial charge in [0.15, 0.2) is 6.10 Å². The highest BCUT2D eigenvalue weighted by atomic mass is 16.6. The van der Waals surface area contributed by atoms with Crippen LogP contribution in [-0.4, -0.2) is 37.2 Å². The normalized spacial score (nSPS) is 11.8. The van der Waals surface area contributed by atoms with Crippen LogP contribution in [0.1, 0.15) is 303 Å². The Bertz CT molecular complexity index is 874. The Morgan fingerprint density at radius 1 is 0.271 bits per heavy atom. The Labute approximate surface area is 368 Å². The molecular weight excluding hydrogens is 733 g/mol. The fourth-order valence-electron chi connectivity index (χ4n) is 8.09. The van der Waals surface area contributed by atoms with E-state index in [1.165, 1.54) is 205 Å². The first-order chi connectivity index (χ1) is 29.0. The standard InChI is InChI=1S/C53H102O6/c1-4-7-10-13-16-19-21-22-23-24-25-26-27-28-29-30-31-32-35-37-40-43-46-52(55)58-49-50(48-57-51(54)45-42-39-36-33-18-15-12-9-6-3)59-53(56)47-44-41-38-34-20-17-14-11-8-5-2/h50H,4-49H2,1-3H3. The number of rotatable bonds is 49. The summed E-state index contributed by atoms with van der Waals surface area (Å²) in [6.45, 7) is 6.65. The molecule has 0 saturated heterocycles. The van der Waals surface area contributed by atoms with E-state index in [0.717, 1.165) is 57.8 Å². The molecule has 0 radical (unpaired) electrons. The molecule has 0 bridgehead atoms. The lowest BCUT2D eigenvalue weighted by Crippen LogP contribution is -2.30. The number of hydrogen-bond donors (Lipinski definition) is 0. The summed E-state index contributed by atoms with van der Waals surface area (Å²) >= 11 is 0. The molecule has 0 aliphatic heterocycles. The molecule has 0 aliphatic rings. The highest BCUT2D eigenvalue weighted by Crippen LogP contribution is 2.17. The van der Waals surface area contributed by atoms with Gasteiger partial charge < -0.3 is 14.2 Å². The van der Waals surface area contributed by atoms with Gasteiger partial charge in [0.05, 0.1) is 0 Å². The maximum Gasteiger partial charge on any atom is 0.306 e. The van der Waals surface area contributed by atoms with Gasteiger partial charge in [0, 0.05) is 19.3 Å². The van der Waals surface area contributed by atoms with Crippen molar-refractivity contribution in [3.63, 3.8) is 0 Å². The lowest BCUT2D eigenvalue weighted by Gasteiger charge is -2.18. The highest BCUT2D eigenvalue weighted by Gasteiger charge is 2.19. The van der Waals surface area contributed by atoms with E-state index < -0.39 is 6.10 Å². The fraction of sp³-hybridized carbons (Fsp3) is 0.943. The van der Waals surface area contributed by atoms with Crippen LogP contribution in [0.5, 0.6) is 0 Å². The number of carbonyl (C=O) groups is 3. The van der Waals surface area contributed by atoms with Crippen molar-refractivity contribution in [2.45, 2.75) is 309 Å². The van der Waals surface area contributed by atoms with Gasteiger partial charge in [-0.15, -0.1) is 0 Å². The van der Waals surface area contributed by atoms with Gasteiger partial charge in [0.2, 0.25) is 0 Å². The SMILES string of the molecule is CCCCCCCCCCCCCCCCCCCCCCCCC(=O)OCC(COC(=O)CCCCCCCCCCC)OC(=O)CCCCCCCCCCCC. The second-order valence-corrected chi connectivity index (χ2v) is 18.2. The molecule has 0 aliphatic carbocycles. The molecule has 1 unspecified atom stereocenters. The maximum absolute atomic E-state index is 12.7. The van der Waals surface area contributed by atoms with Crippen LogP contribution in [0.15, 0.2) is 0 Å². The summed E-state index contributed by atoms with van der Waals surface area (Å²) < 4.78 is 16.8. The summed E-state index contributed by atoms with van der Waals surface area (Å²) in [7, 11) is 0. The summed E-state index contributed by atoms with van der Waals surface area (Å²) in [4.78, 5) is 37.8. The van der Waals surface area contributed by atoms with E-state index in [2.05, 4.69) is 20.8 Å². The second kappa shape index (κ2) is 49.1. The van der Waals surface area contributed by atoms with Crippen LogP contribution in [-0.2, 0) is 28.6 Å². The minimum Gasteiger partial charge on any atom is -0.462 e. The molecule has 59 heavy (non-hydrogen) atoms. The number of carbonyl (C=O) groups excluding carboxylic acids is 3. The largest absolute Gasteiger partial charge is 0.462 e. The Kier molecular flexibility index (Phi) is 47.7. The molecule has 0 rings (SSSR count). The minimum absolute atomic E-state index is 0.0623. The van der Waals surface area contributed by atoms with Crippen molar-refractivity contribution in [1.82, 2.24) is 0 Å². The molecule has 0 aromatic heterocycles. The van der Waals surface area contributed by atoms with Gasteiger partial charge in [-0.05, 0) is 19.3 Å². The summed E-state index contributed by atoms with van der Waals surface area (Å²) in [6.07, 6.45) is 52.5.